The van der Waals surface area contributed by atoms with Crippen LogP contribution < -0.4 is 5.73 Å². The molecule has 0 bridgehead atoms. The van der Waals surface area contributed by atoms with Crippen LogP contribution in [0.25, 0.3) is 0 Å². The Morgan fingerprint density at radius 2 is 1.78 bits per heavy atom. The van der Waals surface area contributed by atoms with Gasteiger partial charge in [-0.15, -0.1) is 0 Å². The summed E-state index contributed by atoms with van der Waals surface area (Å²) in [5, 5.41) is -0.161. The van der Waals surface area contributed by atoms with Gasteiger partial charge in [0.15, 0.2) is 0 Å². The van der Waals surface area contributed by atoms with Gasteiger partial charge in [-0.1, -0.05) is 33.1 Å². The monoisotopic (exact) mass is 276 g/mol. The minimum Gasteiger partial charge on any atom is -0.327 e. The van der Waals surface area contributed by atoms with Crippen molar-refractivity contribution in [3.05, 3.63) is 0 Å². The van der Waals surface area contributed by atoms with Crippen LogP contribution in [-0.2, 0) is 10.0 Å². The van der Waals surface area contributed by atoms with Crippen molar-refractivity contribution in [2.75, 3.05) is 13.6 Å². The van der Waals surface area contributed by atoms with E-state index in [0.29, 0.717) is 12.5 Å². The van der Waals surface area contributed by atoms with Gasteiger partial charge in [-0.25, -0.2) is 12.7 Å². The molecule has 18 heavy (non-hydrogen) atoms. The van der Waals surface area contributed by atoms with Crippen LogP contribution in [0.1, 0.15) is 52.4 Å². The zero-order chi connectivity index (χ0) is 13.8. The van der Waals surface area contributed by atoms with E-state index in [2.05, 4.69) is 13.8 Å². The summed E-state index contributed by atoms with van der Waals surface area (Å²) in [7, 11) is -1.41. The lowest BCUT2D eigenvalue weighted by Crippen LogP contribution is -2.40. The highest BCUT2D eigenvalue weighted by Gasteiger charge is 2.30. The average molecular weight is 276 g/mol. The fraction of sp³-hybridized carbons (Fsp3) is 1.00. The van der Waals surface area contributed by atoms with E-state index < -0.39 is 10.0 Å². The van der Waals surface area contributed by atoms with Crippen LogP contribution in [-0.4, -0.2) is 37.6 Å². The molecule has 5 heteroatoms. The van der Waals surface area contributed by atoms with Gasteiger partial charge in [0.1, 0.15) is 0 Å². The molecule has 0 aliphatic heterocycles. The molecule has 1 saturated carbocycles. The zero-order valence-corrected chi connectivity index (χ0v) is 12.7. The number of sulfonamides is 1. The lowest BCUT2D eigenvalue weighted by Gasteiger charge is -2.28. The summed E-state index contributed by atoms with van der Waals surface area (Å²) in [4.78, 5) is 0. The van der Waals surface area contributed by atoms with Crippen LogP contribution in [0.15, 0.2) is 0 Å². The highest BCUT2D eigenvalue weighted by molar-refractivity contribution is 7.89. The molecule has 1 aliphatic carbocycles. The molecule has 1 rings (SSSR count). The van der Waals surface area contributed by atoms with Crippen molar-refractivity contribution in [3.63, 3.8) is 0 Å². The van der Waals surface area contributed by atoms with Crippen LogP contribution in [0.5, 0.6) is 0 Å². The van der Waals surface area contributed by atoms with Gasteiger partial charge in [0, 0.05) is 19.6 Å². The third-order valence-electron chi connectivity index (χ3n) is 4.04. The molecule has 1 atom stereocenters. The second kappa shape index (κ2) is 6.87. The second-order valence-electron chi connectivity index (χ2n) is 5.82. The molecule has 1 unspecified atom stereocenters. The number of hydrogen-bond acceptors (Lipinski definition) is 3. The topological polar surface area (TPSA) is 63.4 Å². The largest absolute Gasteiger partial charge is 0.327 e. The van der Waals surface area contributed by atoms with Crippen molar-refractivity contribution in [2.45, 2.75) is 63.7 Å². The van der Waals surface area contributed by atoms with Gasteiger partial charge < -0.3 is 5.73 Å². The summed E-state index contributed by atoms with van der Waals surface area (Å²) >= 11 is 0. The molecule has 0 aromatic heterocycles. The van der Waals surface area contributed by atoms with Crippen molar-refractivity contribution >= 4 is 10.0 Å². The van der Waals surface area contributed by atoms with Gasteiger partial charge in [0.05, 0.1) is 5.25 Å². The average Bonchev–Trinajstić information content (AvgIpc) is 2.36. The Bertz CT molecular complexity index is 335. The fourth-order valence-corrected chi connectivity index (χ4v) is 4.21. The first kappa shape index (κ1) is 15.9. The van der Waals surface area contributed by atoms with Gasteiger partial charge >= 0.3 is 0 Å². The zero-order valence-electron chi connectivity index (χ0n) is 11.9. The fourth-order valence-electron chi connectivity index (χ4n) is 2.41. The molecule has 2 N–H and O–H groups in total. The van der Waals surface area contributed by atoms with Crippen LogP contribution in [0.3, 0.4) is 0 Å². The molecule has 1 aliphatic rings. The van der Waals surface area contributed by atoms with Gasteiger partial charge in [0.25, 0.3) is 0 Å². The quantitative estimate of drug-likeness (QED) is 0.806. The van der Waals surface area contributed by atoms with E-state index >= 15 is 0 Å². The predicted octanol–water partition coefficient (Wildman–Crippen LogP) is 1.95. The number of hydrogen-bond donors (Lipinski definition) is 1. The second-order valence-corrected chi connectivity index (χ2v) is 8.14. The smallest absolute Gasteiger partial charge is 0.216 e. The van der Waals surface area contributed by atoms with E-state index in [-0.39, 0.29) is 11.3 Å². The number of nitrogens with two attached hydrogens (primary N) is 1. The van der Waals surface area contributed by atoms with Crippen LogP contribution >= 0.6 is 0 Å². The summed E-state index contributed by atoms with van der Waals surface area (Å²) in [6.07, 6.45) is 5.65. The molecule has 0 spiro atoms. The van der Waals surface area contributed by atoms with E-state index in [9.17, 15) is 8.42 Å². The van der Waals surface area contributed by atoms with Crippen LogP contribution in [0.4, 0.5) is 0 Å². The molecule has 0 saturated heterocycles. The van der Waals surface area contributed by atoms with Crippen molar-refractivity contribution < 1.29 is 8.42 Å². The first-order chi connectivity index (χ1) is 8.35. The summed E-state index contributed by atoms with van der Waals surface area (Å²) < 4.78 is 26.2. The van der Waals surface area contributed by atoms with E-state index in [0.717, 1.165) is 32.1 Å². The first-order valence-corrected chi connectivity index (χ1v) is 8.56. The Morgan fingerprint density at radius 3 is 2.28 bits per heavy atom. The first-order valence-electron chi connectivity index (χ1n) is 7.06. The molecule has 0 heterocycles. The van der Waals surface area contributed by atoms with Gasteiger partial charge in [-0.3, -0.25) is 0 Å². The van der Waals surface area contributed by atoms with Crippen LogP contribution in [0, 0.1) is 5.92 Å². The molecule has 0 amide bonds. The highest BCUT2D eigenvalue weighted by Crippen LogP contribution is 2.25. The number of rotatable bonds is 6. The summed E-state index contributed by atoms with van der Waals surface area (Å²) in [5.41, 5.74) is 5.97. The maximum Gasteiger partial charge on any atom is 0.216 e. The highest BCUT2D eigenvalue weighted by atomic mass is 32.2. The minimum atomic E-state index is -3.11. The molecule has 1 fully saturated rings. The molecular weight excluding hydrogens is 248 g/mol. The van der Waals surface area contributed by atoms with Gasteiger partial charge in [-0.05, 0) is 25.2 Å². The third-order valence-corrected chi connectivity index (χ3v) is 6.41. The SMILES string of the molecule is CC(C)C(N)CCN(C)S(=O)(=O)C1CCCCC1. The Hall–Kier alpha value is -0.130. The normalized spacial score (nSPS) is 20.6. The van der Waals surface area contributed by atoms with Crippen molar-refractivity contribution in [3.8, 4) is 0 Å². The maximum atomic E-state index is 12.4. The molecule has 0 radical (unpaired) electrons. The Morgan fingerprint density at radius 1 is 1.22 bits per heavy atom. The lowest BCUT2D eigenvalue weighted by atomic mass is 10.0. The van der Waals surface area contributed by atoms with Crippen molar-refractivity contribution in [1.29, 1.82) is 0 Å². The Kier molecular flexibility index (Phi) is 6.08. The van der Waals surface area contributed by atoms with E-state index in [4.69, 9.17) is 5.73 Å². The van der Waals surface area contributed by atoms with E-state index in [1.54, 1.807) is 7.05 Å². The summed E-state index contributed by atoms with van der Waals surface area (Å²) in [6.45, 7) is 4.68. The number of nitrogens with zero attached hydrogens (tertiary/aromatic N) is 1. The lowest BCUT2D eigenvalue weighted by molar-refractivity contribution is 0.384. The van der Waals surface area contributed by atoms with Gasteiger partial charge in [0.2, 0.25) is 10.0 Å². The molecule has 0 aromatic rings. The van der Waals surface area contributed by atoms with Crippen LogP contribution in [0.2, 0.25) is 0 Å². The molecule has 0 aromatic carbocycles. The Labute approximate surface area is 112 Å². The maximum absolute atomic E-state index is 12.4. The molecular formula is C13H28N2O2S. The Balaban J connectivity index is 2.51. The third kappa shape index (κ3) is 4.21. The van der Waals surface area contributed by atoms with E-state index in [1.165, 1.54) is 10.7 Å². The summed E-state index contributed by atoms with van der Waals surface area (Å²) in [6, 6.07) is 0.0778. The van der Waals surface area contributed by atoms with Gasteiger partial charge in [-0.2, -0.15) is 0 Å². The minimum absolute atomic E-state index is 0.0778. The van der Waals surface area contributed by atoms with E-state index in [1.807, 2.05) is 0 Å². The van der Waals surface area contributed by atoms with Crippen molar-refractivity contribution in [1.82, 2.24) is 4.31 Å². The molecule has 4 nitrogen and oxygen atoms in total. The predicted molar refractivity (Wildman–Crippen MR) is 75.9 cm³/mol. The van der Waals surface area contributed by atoms with Crippen molar-refractivity contribution in [2.24, 2.45) is 11.7 Å². The molecule has 108 valence electrons. The standard InChI is InChI=1S/C13H28N2O2S/c1-11(2)13(14)9-10-15(3)18(16,17)12-7-5-4-6-8-12/h11-13H,4-10,14H2,1-3H3. The summed E-state index contributed by atoms with van der Waals surface area (Å²) in [5.74, 6) is 0.399.